The minimum absolute atomic E-state index is 0.284. The molecule has 4 nitrogen and oxygen atoms in total. The van der Waals surface area contributed by atoms with E-state index in [4.69, 9.17) is 0 Å². The molecule has 112 valence electrons. The number of anilines is 1. The van der Waals surface area contributed by atoms with Crippen LogP contribution in [0.4, 0.5) is 5.69 Å². The molecule has 0 bridgehead atoms. The molecule has 1 aliphatic heterocycles. The summed E-state index contributed by atoms with van der Waals surface area (Å²) >= 11 is 0. The van der Waals surface area contributed by atoms with Crippen molar-refractivity contribution in [1.82, 2.24) is 15.3 Å². The van der Waals surface area contributed by atoms with Gasteiger partial charge in [-0.15, -0.1) is 0 Å². The minimum atomic E-state index is 0.284. The Kier molecular flexibility index (Phi) is 4.55. The molecule has 1 atom stereocenters. The number of aromatic amines is 1. The maximum absolute atomic E-state index is 4.37. The molecule has 0 amide bonds. The minimum Gasteiger partial charge on any atom is -0.371 e. The van der Waals surface area contributed by atoms with Crippen molar-refractivity contribution < 1.29 is 0 Å². The molecule has 1 aromatic carbocycles. The fourth-order valence-electron chi connectivity index (χ4n) is 3.06. The van der Waals surface area contributed by atoms with E-state index in [0.29, 0.717) is 0 Å². The van der Waals surface area contributed by atoms with E-state index in [-0.39, 0.29) is 6.04 Å². The van der Waals surface area contributed by atoms with Crippen molar-refractivity contribution in [1.29, 1.82) is 0 Å². The fraction of sp³-hybridized carbons (Fsp3) is 0.471. The molecule has 2 N–H and O–H groups in total. The highest BCUT2D eigenvalue weighted by atomic mass is 15.1. The quantitative estimate of drug-likeness (QED) is 0.856. The Labute approximate surface area is 126 Å². The first-order valence-corrected chi connectivity index (χ1v) is 7.94. The smallest absolute Gasteiger partial charge is 0.123 e. The maximum atomic E-state index is 4.37. The highest BCUT2D eigenvalue weighted by Crippen LogP contribution is 2.25. The van der Waals surface area contributed by atoms with Gasteiger partial charge in [-0.25, -0.2) is 4.98 Å². The average Bonchev–Trinajstić information content (AvgIpc) is 3.22. The van der Waals surface area contributed by atoms with Crippen LogP contribution in [0.2, 0.25) is 0 Å². The van der Waals surface area contributed by atoms with Crippen LogP contribution in [0.25, 0.3) is 0 Å². The van der Waals surface area contributed by atoms with Crippen LogP contribution in [-0.4, -0.2) is 23.1 Å². The number of nitrogens with zero attached hydrogens (tertiary/aromatic N) is 2. The molecule has 21 heavy (non-hydrogen) atoms. The lowest BCUT2D eigenvalue weighted by atomic mass is 10.1. The van der Waals surface area contributed by atoms with Crippen LogP contribution in [0.1, 0.15) is 43.6 Å². The summed E-state index contributed by atoms with van der Waals surface area (Å²) in [4.78, 5) is 10.1. The van der Waals surface area contributed by atoms with Crippen molar-refractivity contribution in [2.45, 2.75) is 38.8 Å². The lowest BCUT2D eigenvalue weighted by Gasteiger charge is -2.23. The van der Waals surface area contributed by atoms with Gasteiger partial charge in [0.15, 0.2) is 0 Å². The second-order valence-electron chi connectivity index (χ2n) is 5.64. The van der Waals surface area contributed by atoms with Gasteiger partial charge in [0, 0.05) is 37.7 Å². The van der Waals surface area contributed by atoms with E-state index >= 15 is 0 Å². The van der Waals surface area contributed by atoms with E-state index in [1.165, 1.54) is 37.2 Å². The van der Waals surface area contributed by atoms with Crippen LogP contribution in [0.15, 0.2) is 36.7 Å². The summed E-state index contributed by atoms with van der Waals surface area (Å²) in [5.74, 6) is 1.02. The molecule has 4 heteroatoms. The van der Waals surface area contributed by atoms with Crippen LogP contribution in [0.5, 0.6) is 0 Å². The van der Waals surface area contributed by atoms with Gasteiger partial charge in [0.25, 0.3) is 0 Å². The number of H-pyrrole nitrogens is 1. The number of para-hydroxylation sites is 1. The Morgan fingerprint density at radius 3 is 2.81 bits per heavy atom. The highest BCUT2D eigenvalue weighted by Gasteiger charge is 2.16. The summed E-state index contributed by atoms with van der Waals surface area (Å²) in [6.45, 7) is 5.44. The van der Waals surface area contributed by atoms with E-state index in [2.05, 4.69) is 51.4 Å². The molecular formula is C17H24N4. The van der Waals surface area contributed by atoms with E-state index in [9.17, 15) is 0 Å². The van der Waals surface area contributed by atoms with Gasteiger partial charge in [0.05, 0.1) is 6.04 Å². The lowest BCUT2D eigenvalue weighted by Crippen LogP contribution is -2.24. The zero-order valence-corrected chi connectivity index (χ0v) is 12.7. The van der Waals surface area contributed by atoms with Crippen molar-refractivity contribution in [2.24, 2.45) is 0 Å². The van der Waals surface area contributed by atoms with Gasteiger partial charge in [-0.1, -0.05) is 25.1 Å². The molecule has 1 saturated heterocycles. The number of rotatable bonds is 6. The topological polar surface area (TPSA) is 44.0 Å². The first-order chi connectivity index (χ1) is 10.4. The highest BCUT2D eigenvalue weighted by molar-refractivity contribution is 5.54. The molecule has 0 spiro atoms. The number of hydrogen-bond donors (Lipinski definition) is 2. The van der Waals surface area contributed by atoms with Gasteiger partial charge < -0.3 is 15.2 Å². The largest absolute Gasteiger partial charge is 0.371 e. The molecule has 1 aliphatic rings. The van der Waals surface area contributed by atoms with Gasteiger partial charge in [0.2, 0.25) is 0 Å². The van der Waals surface area contributed by atoms with Crippen LogP contribution in [0.3, 0.4) is 0 Å². The lowest BCUT2D eigenvalue weighted by molar-refractivity contribution is 0.498. The number of nitrogens with one attached hydrogen (secondary N) is 2. The van der Waals surface area contributed by atoms with Gasteiger partial charge in [-0.2, -0.15) is 0 Å². The molecule has 0 aliphatic carbocycles. The number of aromatic nitrogens is 2. The summed E-state index contributed by atoms with van der Waals surface area (Å²) in [6.07, 6.45) is 7.35. The van der Waals surface area contributed by atoms with E-state index in [0.717, 1.165) is 18.8 Å². The van der Waals surface area contributed by atoms with E-state index in [1.54, 1.807) is 0 Å². The third-order valence-electron chi connectivity index (χ3n) is 4.23. The Morgan fingerprint density at radius 1 is 1.29 bits per heavy atom. The number of hydrogen-bond acceptors (Lipinski definition) is 3. The summed E-state index contributed by atoms with van der Waals surface area (Å²) in [5, 5.41) is 3.63. The number of imidazole rings is 1. The molecule has 2 aromatic rings. The van der Waals surface area contributed by atoms with Gasteiger partial charge >= 0.3 is 0 Å². The molecule has 1 unspecified atom stereocenters. The van der Waals surface area contributed by atoms with Crippen molar-refractivity contribution in [3.05, 3.63) is 48.0 Å². The molecule has 3 rings (SSSR count). The molecular weight excluding hydrogens is 260 g/mol. The second-order valence-corrected chi connectivity index (χ2v) is 5.64. The predicted octanol–water partition coefficient (Wildman–Crippen LogP) is 3.25. The zero-order chi connectivity index (χ0) is 14.5. The van der Waals surface area contributed by atoms with Crippen molar-refractivity contribution >= 4 is 5.69 Å². The fourth-order valence-corrected chi connectivity index (χ4v) is 3.06. The second kappa shape index (κ2) is 6.76. The van der Waals surface area contributed by atoms with Gasteiger partial charge in [-0.3, -0.25) is 0 Å². The van der Waals surface area contributed by atoms with Crippen molar-refractivity contribution in [2.75, 3.05) is 18.0 Å². The Morgan fingerprint density at radius 2 is 2.10 bits per heavy atom. The van der Waals surface area contributed by atoms with E-state index in [1.807, 2.05) is 12.4 Å². The molecule has 2 heterocycles. The van der Waals surface area contributed by atoms with Crippen molar-refractivity contribution in [3.63, 3.8) is 0 Å². The Bertz CT molecular complexity index is 544. The Hall–Kier alpha value is -1.81. The average molecular weight is 284 g/mol. The summed E-state index contributed by atoms with van der Waals surface area (Å²) in [6, 6.07) is 9.03. The standard InChI is InChI=1S/C17H24N4/c1-2-15(17-18-9-10-19-17)20-13-14-7-3-4-8-16(14)21-11-5-6-12-21/h3-4,7-10,15,20H,2,5-6,11-13H2,1H3,(H,18,19). The number of benzene rings is 1. The SMILES string of the molecule is CCC(NCc1ccccc1N1CCCC1)c1ncc[nH]1. The van der Waals surface area contributed by atoms with Crippen LogP contribution < -0.4 is 10.2 Å². The normalized spacial score (nSPS) is 16.3. The first-order valence-electron chi connectivity index (χ1n) is 7.94. The molecule has 1 aromatic heterocycles. The third-order valence-corrected chi connectivity index (χ3v) is 4.23. The first kappa shape index (κ1) is 14.1. The summed E-state index contributed by atoms with van der Waals surface area (Å²) in [7, 11) is 0. The summed E-state index contributed by atoms with van der Waals surface area (Å²) in [5.41, 5.74) is 2.77. The zero-order valence-electron chi connectivity index (χ0n) is 12.7. The maximum Gasteiger partial charge on any atom is 0.123 e. The van der Waals surface area contributed by atoms with Gasteiger partial charge in [-0.05, 0) is 30.9 Å². The van der Waals surface area contributed by atoms with Crippen LogP contribution >= 0.6 is 0 Å². The van der Waals surface area contributed by atoms with Gasteiger partial charge in [0.1, 0.15) is 5.82 Å². The summed E-state index contributed by atoms with van der Waals surface area (Å²) < 4.78 is 0. The van der Waals surface area contributed by atoms with Crippen LogP contribution in [0, 0.1) is 0 Å². The Balaban J connectivity index is 1.70. The molecule has 0 saturated carbocycles. The molecule has 1 fully saturated rings. The van der Waals surface area contributed by atoms with Crippen LogP contribution in [-0.2, 0) is 6.54 Å². The van der Waals surface area contributed by atoms with Crippen molar-refractivity contribution in [3.8, 4) is 0 Å². The third kappa shape index (κ3) is 3.27. The monoisotopic (exact) mass is 284 g/mol. The van der Waals surface area contributed by atoms with E-state index < -0.39 is 0 Å². The molecule has 0 radical (unpaired) electrons. The predicted molar refractivity (Wildman–Crippen MR) is 86.3 cm³/mol.